The number of likely N-dealkylation sites (tertiary alicyclic amines) is 1. The maximum atomic E-state index is 13.0. The first-order valence-electron chi connectivity index (χ1n) is 7.14. The molecule has 0 saturated carbocycles. The highest BCUT2D eigenvalue weighted by Crippen LogP contribution is 2.29. The van der Waals surface area contributed by atoms with Gasteiger partial charge in [0.05, 0.1) is 11.8 Å². The molecule has 0 radical (unpaired) electrons. The number of halogens is 1. The number of amides is 1. The van der Waals surface area contributed by atoms with E-state index in [4.69, 9.17) is 4.74 Å². The molecule has 4 nitrogen and oxygen atoms in total. The van der Waals surface area contributed by atoms with Gasteiger partial charge in [-0.25, -0.2) is 9.37 Å². The SMILES string of the molecule is COC1CCN(C(=O)c2sc(-c3ccc(F)cc3)nc2C)C1. The van der Waals surface area contributed by atoms with Crippen LogP contribution in [0.1, 0.15) is 21.8 Å². The molecular weight excluding hydrogens is 303 g/mol. The molecule has 0 N–H and O–H groups in total. The lowest BCUT2D eigenvalue weighted by Crippen LogP contribution is -2.29. The molecule has 0 aliphatic carbocycles. The second-order valence-corrected chi connectivity index (χ2v) is 6.34. The average Bonchev–Trinajstić information content (AvgIpc) is 3.14. The first-order chi connectivity index (χ1) is 10.6. The zero-order valence-electron chi connectivity index (χ0n) is 12.5. The number of hydrogen-bond donors (Lipinski definition) is 0. The van der Waals surface area contributed by atoms with Crippen LogP contribution in [0.4, 0.5) is 4.39 Å². The summed E-state index contributed by atoms with van der Waals surface area (Å²) in [5.74, 6) is -0.279. The van der Waals surface area contributed by atoms with E-state index < -0.39 is 0 Å². The molecule has 0 bridgehead atoms. The number of methoxy groups -OCH3 is 1. The monoisotopic (exact) mass is 320 g/mol. The van der Waals surface area contributed by atoms with E-state index in [1.54, 1.807) is 19.2 Å². The van der Waals surface area contributed by atoms with E-state index in [-0.39, 0.29) is 17.8 Å². The fourth-order valence-electron chi connectivity index (χ4n) is 2.56. The third-order valence-corrected chi connectivity index (χ3v) is 5.04. The molecule has 1 aromatic carbocycles. The van der Waals surface area contributed by atoms with Gasteiger partial charge in [-0.3, -0.25) is 4.79 Å². The van der Waals surface area contributed by atoms with Crippen molar-refractivity contribution in [3.63, 3.8) is 0 Å². The first-order valence-corrected chi connectivity index (χ1v) is 7.95. The molecule has 1 unspecified atom stereocenters. The van der Waals surface area contributed by atoms with Crippen LogP contribution in [0.25, 0.3) is 10.6 Å². The van der Waals surface area contributed by atoms with Gasteiger partial charge in [0.2, 0.25) is 0 Å². The van der Waals surface area contributed by atoms with Gasteiger partial charge in [-0.1, -0.05) is 0 Å². The molecule has 1 saturated heterocycles. The van der Waals surface area contributed by atoms with Crippen molar-refractivity contribution in [3.05, 3.63) is 40.7 Å². The summed E-state index contributed by atoms with van der Waals surface area (Å²) in [7, 11) is 1.67. The standard InChI is InChI=1S/C16H17FN2O2S/c1-10-14(16(20)19-8-7-13(9-19)21-2)22-15(18-10)11-3-5-12(17)6-4-11/h3-6,13H,7-9H2,1-2H3. The van der Waals surface area contributed by atoms with Gasteiger partial charge in [0, 0.05) is 25.8 Å². The fourth-order valence-corrected chi connectivity index (χ4v) is 3.60. The van der Waals surface area contributed by atoms with Crippen LogP contribution in [0, 0.1) is 12.7 Å². The molecule has 1 aliphatic rings. The molecule has 2 aromatic rings. The number of carbonyl (C=O) groups is 1. The Bertz CT molecular complexity index is 684. The summed E-state index contributed by atoms with van der Waals surface area (Å²) in [5, 5.41) is 0.739. The van der Waals surface area contributed by atoms with Crippen LogP contribution in [-0.2, 0) is 4.74 Å². The van der Waals surface area contributed by atoms with Crippen molar-refractivity contribution in [2.75, 3.05) is 20.2 Å². The van der Waals surface area contributed by atoms with Crippen LogP contribution in [-0.4, -0.2) is 42.1 Å². The molecule has 1 aromatic heterocycles. The van der Waals surface area contributed by atoms with Crippen LogP contribution >= 0.6 is 11.3 Å². The van der Waals surface area contributed by atoms with E-state index in [1.165, 1.54) is 23.5 Å². The van der Waals surface area contributed by atoms with E-state index in [1.807, 2.05) is 11.8 Å². The molecule has 1 atom stereocenters. The number of carbonyl (C=O) groups excluding carboxylic acids is 1. The van der Waals surface area contributed by atoms with E-state index in [9.17, 15) is 9.18 Å². The van der Waals surface area contributed by atoms with Gasteiger partial charge < -0.3 is 9.64 Å². The fraction of sp³-hybridized carbons (Fsp3) is 0.375. The third kappa shape index (κ3) is 2.89. The van der Waals surface area contributed by atoms with Crippen molar-refractivity contribution < 1.29 is 13.9 Å². The van der Waals surface area contributed by atoms with E-state index >= 15 is 0 Å². The van der Waals surface area contributed by atoms with Crippen molar-refractivity contribution in [1.29, 1.82) is 0 Å². The van der Waals surface area contributed by atoms with Crippen molar-refractivity contribution in [2.45, 2.75) is 19.4 Å². The van der Waals surface area contributed by atoms with Crippen molar-refractivity contribution in [3.8, 4) is 10.6 Å². The summed E-state index contributed by atoms with van der Waals surface area (Å²) in [4.78, 5) is 19.5. The molecule has 22 heavy (non-hydrogen) atoms. The molecule has 1 aliphatic heterocycles. The maximum Gasteiger partial charge on any atom is 0.265 e. The van der Waals surface area contributed by atoms with Gasteiger partial charge in [0.15, 0.2) is 0 Å². The van der Waals surface area contributed by atoms with Crippen LogP contribution in [0.3, 0.4) is 0 Å². The van der Waals surface area contributed by atoms with Crippen molar-refractivity contribution >= 4 is 17.2 Å². The van der Waals surface area contributed by atoms with Gasteiger partial charge in [0.1, 0.15) is 15.7 Å². The molecular formula is C16H17FN2O2S. The van der Waals surface area contributed by atoms with Crippen LogP contribution in [0.15, 0.2) is 24.3 Å². The van der Waals surface area contributed by atoms with Crippen molar-refractivity contribution in [2.24, 2.45) is 0 Å². The largest absolute Gasteiger partial charge is 0.380 e. The summed E-state index contributed by atoms with van der Waals surface area (Å²) >= 11 is 1.36. The van der Waals surface area contributed by atoms with E-state index in [0.29, 0.717) is 18.0 Å². The van der Waals surface area contributed by atoms with Crippen LogP contribution < -0.4 is 0 Å². The Morgan fingerprint density at radius 3 is 2.77 bits per heavy atom. The van der Waals surface area contributed by atoms with Gasteiger partial charge in [-0.05, 0) is 37.6 Å². The summed E-state index contributed by atoms with van der Waals surface area (Å²) in [6, 6.07) is 6.16. The first kappa shape index (κ1) is 15.1. The molecule has 6 heteroatoms. The van der Waals surface area contributed by atoms with Crippen LogP contribution in [0.5, 0.6) is 0 Å². The zero-order chi connectivity index (χ0) is 15.7. The molecule has 1 amide bonds. The Kier molecular flexibility index (Phi) is 4.22. The Labute approximate surface area is 132 Å². The minimum absolute atomic E-state index is 0.00270. The zero-order valence-corrected chi connectivity index (χ0v) is 13.3. The lowest BCUT2D eigenvalue weighted by atomic mass is 10.2. The number of rotatable bonds is 3. The molecule has 2 heterocycles. The number of thiazole rings is 1. The smallest absolute Gasteiger partial charge is 0.265 e. The van der Waals surface area contributed by atoms with Gasteiger partial charge >= 0.3 is 0 Å². The Balaban J connectivity index is 1.83. The highest BCUT2D eigenvalue weighted by Gasteiger charge is 2.29. The number of hydrogen-bond acceptors (Lipinski definition) is 4. The summed E-state index contributed by atoms with van der Waals surface area (Å²) in [6.45, 7) is 3.17. The minimum Gasteiger partial charge on any atom is -0.380 e. The molecule has 0 spiro atoms. The quantitative estimate of drug-likeness (QED) is 0.872. The van der Waals surface area contributed by atoms with Gasteiger partial charge in [0.25, 0.3) is 5.91 Å². The Morgan fingerprint density at radius 2 is 2.14 bits per heavy atom. The second-order valence-electron chi connectivity index (χ2n) is 5.34. The lowest BCUT2D eigenvalue weighted by molar-refractivity contribution is 0.0727. The van der Waals surface area contributed by atoms with Gasteiger partial charge in [-0.2, -0.15) is 0 Å². The van der Waals surface area contributed by atoms with Crippen LogP contribution in [0.2, 0.25) is 0 Å². The highest BCUT2D eigenvalue weighted by molar-refractivity contribution is 7.17. The predicted octanol–water partition coefficient (Wildman–Crippen LogP) is 3.12. The summed E-state index contributed by atoms with van der Waals surface area (Å²) in [5.41, 5.74) is 1.54. The second kappa shape index (κ2) is 6.14. The summed E-state index contributed by atoms with van der Waals surface area (Å²) in [6.07, 6.45) is 0.985. The topological polar surface area (TPSA) is 42.4 Å². The normalized spacial score (nSPS) is 18.0. The van der Waals surface area contributed by atoms with Gasteiger partial charge in [-0.15, -0.1) is 11.3 Å². The number of benzene rings is 1. The van der Waals surface area contributed by atoms with Crippen molar-refractivity contribution in [1.82, 2.24) is 9.88 Å². The maximum absolute atomic E-state index is 13.0. The van der Waals surface area contributed by atoms with E-state index in [0.717, 1.165) is 22.7 Å². The number of aromatic nitrogens is 1. The number of nitrogens with zero attached hydrogens (tertiary/aromatic N) is 2. The average molecular weight is 320 g/mol. The number of aryl methyl sites for hydroxylation is 1. The molecule has 3 rings (SSSR count). The predicted molar refractivity (Wildman–Crippen MR) is 83.6 cm³/mol. The molecule has 116 valence electrons. The third-order valence-electron chi connectivity index (χ3n) is 3.85. The Hall–Kier alpha value is -1.79. The van der Waals surface area contributed by atoms with E-state index in [2.05, 4.69) is 4.98 Å². The summed E-state index contributed by atoms with van der Waals surface area (Å²) < 4.78 is 18.3. The minimum atomic E-state index is -0.281. The number of ether oxygens (including phenoxy) is 1. The Morgan fingerprint density at radius 1 is 1.41 bits per heavy atom. The molecule has 1 fully saturated rings. The highest BCUT2D eigenvalue weighted by atomic mass is 32.1. The lowest BCUT2D eigenvalue weighted by Gasteiger charge is -2.15.